The van der Waals surface area contributed by atoms with Crippen molar-refractivity contribution in [3.05, 3.63) is 47.4 Å². The van der Waals surface area contributed by atoms with Gasteiger partial charge in [-0.25, -0.2) is 9.37 Å². The molecule has 1 aromatic carbocycles. The van der Waals surface area contributed by atoms with Crippen molar-refractivity contribution < 1.29 is 4.39 Å². The molecule has 0 amide bonds. The minimum absolute atomic E-state index is 0.0772. The zero-order valence-electron chi connectivity index (χ0n) is 8.24. The minimum atomic E-state index is -0.442. The average molecular weight is 238 g/mol. The number of nitrogen functional groups attached to an aromatic ring is 1. The van der Waals surface area contributed by atoms with Gasteiger partial charge in [-0.3, -0.25) is 0 Å². The number of hydrogen-bond acceptors (Lipinski definition) is 3. The number of anilines is 3. The number of nitrogens with zero attached hydrogens (tertiary/aromatic N) is 1. The van der Waals surface area contributed by atoms with Crippen LogP contribution >= 0.6 is 11.6 Å². The van der Waals surface area contributed by atoms with Crippen molar-refractivity contribution >= 4 is 28.8 Å². The minimum Gasteiger partial charge on any atom is -0.384 e. The molecule has 3 N–H and O–H groups in total. The fourth-order valence-corrected chi connectivity index (χ4v) is 1.40. The first kappa shape index (κ1) is 10.7. The van der Waals surface area contributed by atoms with Crippen LogP contribution in [0.4, 0.5) is 21.6 Å². The van der Waals surface area contributed by atoms with Gasteiger partial charge in [0.1, 0.15) is 11.6 Å². The van der Waals surface area contributed by atoms with Gasteiger partial charge in [0, 0.05) is 5.69 Å². The Kier molecular flexibility index (Phi) is 2.92. The SMILES string of the molecule is Nc1ccc(Nc2ccc(F)c(Cl)c2)cn1. The molecule has 16 heavy (non-hydrogen) atoms. The molecule has 0 saturated carbocycles. The number of nitrogens with two attached hydrogens (primary N) is 1. The summed E-state index contributed by atoms with van der Waals surface area (Å²) in [7, 11) is 0. The van der Waals surface area contributed by atoms with Crippen LogP contribution < -0.4 is 11.1 Å². The largest absolute Gasteiger partial charge is 0.384 e. The highest BCUT2D eigenvalue weighted by Crippen LogP contribution is 2.22. The molecule has 0 aliphatic rings. The number of aromatic nitrogens is 1. The molecular weight excluding hydrogens is 229 g/mol. The van der Waals surface area contributed by atoms with Gasteiger partial charge < -0.3 is 11.1 Å². The summed E-state index contributed by atoms with van der Waals surface area (Å²) in [6.45, 7) is 0. The van der Waals surface area contributed by atoms with E-state index in [4.69, 9.17) is 17.3 Å². The first-order valence-corrected chi connectivity index (χ1v) is 4.96. The molecule has 0 aliphatic carbocycles. The van der Waals surface area contributed by atoms with Crippen LogP contribution in [0.15, 0.2) is 36.5 Å². The molecule has 0 spiro atoms. The summed E-state index contributed by atoms with van der Waals surface area (Å²) < 4.78 is 12.9. The topological polar surface area (TPSA) is 50.9 Å². The van der Waals surface area contributed by atoms with E-state index in [0.717, 1.165) is 5.69 Å². The van der Waals surface area contributed by atoms with E-state index in [1.165, 1.54) is 12.1 Å². The molecule has 0 atom stereocenters. The highest BCUT2D eigenvalue weighted by Gasteiger charge is 2.01. The van der Waals surface area contributed by atoms with Crippen molar-refractivity contribution in [1.82, 2.24) is 4.98 Å². The van der Waals surface area contributed by atoms with Crippen molar-refractivity contribution in [1.29, 1.82) is 0 Å². The fourth-order valence-electron chi connectivity index (χ4n) is 1.22. The smallest absolute Gasteiger partial charge is 0.141 e. The molecule has 0 aliphatic heterocycles. The predicted molar refractivity (Wildman–Crippen MR) is 63.3 cm³/mol. The number of halogens is 2. The van der Waals surface area contributed by atoms with Gasteiger partial charge in [-0.15, -0.1) is 0 Å². The van der Waals surface area contributed by atoms with Gasteiger partial charge in [-0.1, -0.05) is 11.6 Å². The summed E-state index contributed by atoms with van der Waals surface area (Å²) in [6, 6.07) is 7.85. The van der Waals surface area contributed by atoms with E-state index in [1.807, 2.05) is 0 Å². The zero-order valence-corrected chi connectivity index (χ0v) is 9.00. The molecule has 2 aromatic rings. The quantitative estimate of drug-likeness (QED) is 0.843. The molecule has 5 heteroatoms. The monoisotopic (exact) mass is 237 g/mol. The number of benzene rings is 1. The Morgan fingerprint density at radius 1 is 1.19 bits per heavy atom. The zero-order chi connectivity index (χ0) is 11.5. The Morgan fingerprint density at radius 3 is 2.56 bits per heavy atom. The lowest BCUT2D eigenvalue weighted by Gasteiger charge is -2.06. The van der Waals surface area contributed by atoms with Gasteiger partial charge in [0.15, 0.2) is 0 Å². The van der Waals surface area contributed by atoms with Crippen molar-refractivity contribution in [2.45, 2.75) is 0 Å². The molecule has 1 heterocycles. The molecule has 0 fully saturated rings. The van der Waals surface area contributed by atoms with E-state index in [9.17, 15) is 4.39 Å². The number of hydrogen-bond donors (Lipinski definition) is 2. The third kappa shape index (κ3) is 2.41. The van der Waals surface area contributed by atoms with Crippen molar-refractivity contribution in [3.63, 3.8) is 0 Å². The molecule has 0 unspecified atom stereocenters. The molecule has 0 bridgehead atoms. The van der Waals surface area contributed by atoms with Crippen LogP contribution in [0, 0.1) is 5.82 Å². The van der Waals surface area contributed by atoms with Crippen molar-refractivity contribution in [3.8, 4) is 0 Å². The van der Waals surface area contributed by atoms with Crippen molar-refractivity contribution in [2.24, 2.45) is 0 Å². The fraction of sp³-hybridized carbons (Fsp3) is 0. The maximum absolute atomic E-state index is 12.9. The standard InChI is InChI=1S/C11H9ClFN3/c12-9-5-7(1-3-10(9)13)16-8-2-4-11(14)15-6-8/h1-6,16H,(H2,14,15). The normalized spacial score (nSPS) is 10.1. The van der Waals surface area contributed by atoms with Crippen LogP contribution in [-0.4, -0.2) is 4.98 Å². The van der Waals surface area contributed by atoms with E-state index < -0.39 is 5.82 Å². The van der Waals surface area contributed by atoms with Gasteiger partial charge in [0.2, 0.25) is 0 Å². The van der Waals surface area contributed by atoms with Crippen LogP contribution in [0.2, 0.25) is 5.02 Å². The Hall–Kier alpha value is -1.81. The van der Waals surface area contributed by atoms with Gasteiger partial charge in [-0.05, 0) is 30.3 Å². The lowest BCUT2D eigenvalue weighted by molar-refractivity contribution is 0.628. The highest BCUT2D eigenvalue weighted by atomic mass is 35.5. The Morgan fingerprint density at radius 2 is 1.94 bits per heavy atom. The van der Waals surface area contributed by atoms with Crippen LogP contribution in [-0.2, 0) is 0 Å². The van der Waals surface area contributed by atoms with Gasteiger partial charge in [0.25, 0.3) is 0 Å². The molecule has 3 nitrogen and oxygen atoms in total. The molecule has 2 rings (SSSR count). The third-order valence-electron chi connectivity index (χ3n) is 1.99. The van der Waals surface area contributed by atoms with Crippen LogP contribution in [0.1, 0.15) is 0 Å². The summed E-state index contributed by atoms with van der Waals surface area (Å²) in [5.74, 6) is 0.00494. The highest BCUT2D eigenvalue weighted by molar-refractivity contribution is 6.31. The second-order valence-electron chi connectivity index (χ2n) is 3.23. The predicted octanol–water partition coefficient (Wildman–Crippen LogP) is 3.20. The molecule has 1 aromatic heterocycles. The van der Waals surface area contributed by atoms with E-state index in [1.54, 1.807) is 24.4 Å². The van der Waals surface area contributed by atoms with E-state index in [0.29, 0.717) is 11.5 Å². The Labute approximate surface area is 97.1 Å². The van der Waals surface area contributed by atoms with Gasteiger partial charge in [0.05, 0.1) is 16.9 Å². The van der Waals surface area contributed by atoms with Crippen molar-refractivity contribution in [2.75, 3.05) is 11.1 Å². The maximum atomic E-state index is 12.9. The maximum Gasteiger partial charge on any atom is 0.141 e. The summed E-state index contributed by atoms with van der Waals surface area (Å²) in [4.78, 5) is 3.92. The van der Waals surface area contributed by atoms with E-state index in [-0.39, 0.29) is 5.02 Å². The number of pyridine rings is 1. The van der Waals surface area contributed by atoms with Gasteiger partial charge in [-0.2, -0.15) is 0 Å². The van der Waals surface area contributed by atoms with E-state index in [2.05, 4.69) is 10.3 Å². The Bertz CT molecular complexity index is 499. The second-order valence-corrected chi connectivity index (χ2v) is 3.63. The van der Waals surface area contributed by atoms with Crippen LogP contribution in [0.5, 0.6) is 0 Å². The molecule has 82 valence electrons. The summed E-state index contributed by atoms with van der Waals surface area (Å²) >= 11 is 5.65. The summed E-state index contributed by atoms with van der Waals surface area (Å²) in [5.41, 5.74) is 6.91. The van der Waals surface area contributed by atoms with Crippen LogP contribution in [0.25, 0.3) is 0 Å². The van der Waals surface area contributed by atoms with Crippen LogP contribution in [0.3, 0.4) is 0 Å². The lowest BCUT2D eigenvalue weighted by atomic mass is 10.3. The Balaban J connectivity index is 2.20. The molecule has 0 radical (unpaired) electrons. The number of rotatable bonds is 2. The summed E-state index contributed by atoms with van der Waals surface area (Å²) in [6.07, 6.45) is 1.59. The summed E-state index contributed by atoms with van der Waals surface area (Å²) in [5, 5.41) is 3.11. The van der Waals surface area contributed by atoms with E-state index >= 15 is 0 Å². The molecular formula is C11H9ClFN3. The molecule has 0 saturated heterocycles. The first-order chi connectivity index (χ1) is 7.65. The number of nitrogens with one attached hydrogen (secondary N) is 1. The second kappa shape index (κ2) is 4.37. The lowest BCUT2D eigenvalue weighted by Crippen LogP contribution is -1.94. The average Bonchev–Trinajstić information content (AvgIpc) is 2.27. The first-order valence-electron chi connectivity index (χ1n) is 4.59. The third-order valence-corrected chi connectivity index (χ3v) is 2.28. The van der Waals surface area contributed by atoms with Gasteiger partial charge >= 0.3 is 0 Å².